The summed E-state index contributed by atoms with van der Waals surface area (Å²) in [7, 11) is 0. The average molecular weight is 119 g/mol. The summed E-state index contributed by atoms with van der Waals surface area (Å²) in [6.07, 6.45) is 0.694. The topological polar surface area (TPSA) is 83.6 Å². The Morgan fingerprint density at radius 1 is 1.88 bits per heavy atom. The number of hydrogen-bond acceptors (Lipinski definition) is 4. The molecule has 46 valence electrons. The molecule has 0 aliphatic rings. The summed E-state index contributed by atoms with van der Waals surface area (Å²) >= 11 is 0. The van der Waals surface area contributed by atoms with Crippen molar-refractivity contribution in [2.45, 2.75) is 0 Å². The van der Waals surface area contributed by atoms with Crippen molar-refractivity contribution in [3.05, 3.63) is 22.1 Å². The lowest BCUT2D eigenvalue weighted by atomic mass is 10.6. The summed E-state index contributed by atoms with van der Waals surface area (Å²) in [5, 5.41) is 25.5. The zero-order chi connectivity index (χ0) is 6.57. The lowest BCUT2D eigenvalue weighted by Crippen LogP contribution is -1.97. The van der Waals surface area contributed by atoms with Crippen molar-refractivity contribution in [3.8, 4) is 0 Å². The van der Waals surface area contributed by atoms with Gasteiger partial charge in [-0.05, 0) is 0 Å². The van der Waals surface area contributed by atoms with Gasteiger partial charge in [0.2, 0.25) is 0 Å². The molecule has 5 heteroatoms. The third-order valence-electron chi connectivity index (χ3n) is 0.461. The first kappa shape index (κ1) is 6.90. The molecule has 8 heavy (non-hydrogen) atoms. The van der Waals surface area contributed by atoms with Gasteiger partial charge in [0.1, 0.15) is 4.92 Å². The Labute approximate surface area is 45.0 Å². The summed E-state index contributed by atoms with van der Waals surface area (Å²) in [6, 6.07) is 0. The van der Waals surface area contributed by atoms with E-state index in [4.69, 9.17) is 10.2 Å². The highest BCUT2D eigenvalue weighted by Gasteiger charge is 2.02. The normalized spacial score (nSPS) is 11.4. The van der Waals surface area contributed by atoms with Gasteiger partial charge in [0.25, 0.3) is 0 Å². The predicted molar refractivity (Wildman–Crippen MR) is 24.8 cm³/mol. The van der Waals surface area contributed by atoms with Gasteiger partial charge in [-0.3, -0.25) is 10.1 Å². The third-order valence-corrected chi connectivity index (χ3v) is 0.461. The molecule has 0 aromatic rings. The number of aliphatic hydroxyl groups excluding tert-OH is 2. The fourth-order valence-corrected chi connectivity index (χ4v) is 0.156. The van der Waals surface area contributed by atoms with Crippen molar-refractivity contribution in [1.82, 2.24) is 0 Å². The number of nitrogens with zero attached hydrogens (tertiary/aromatic N) is 1. The van der Waals surface area contributed by atoms with E-state index in [0.29, 0.717) is 6.08 Å². The van der Waals surface area contributed by atoms with Crippen molar-refractivity contribution in [2.24, 2.45) is 0 Å². The van der Waals surface area contributed by atoms with E-state index in [1.807, 2.05) is 0 Å². The van der Waals surface area contributed by atoms with Crippen LogP contribution in [0.4, 0.5) is 0 Å². The van der Waals surface area contributed by atoms with Crippen LogP contribution in [-0.2, 0) is 0 Å². The summed E-state index contributed by atoms with van der Waals surface area (Å²) in [4.78, 5) is 8.48. The molecule has 0 spiro atoms. The summed E-state index contributed by atoms with van der Waals surface area (Å²) in [5.74, 6) is -1.02. The van der Waals surface area contributed by atoms with Crippen LogP contribution in [0.25, 0.3) is 0 Å². The zero-order valence-corrected chi connectivity index (χ0v) is 3.94. The molecule has 0 heterocycles. The molecule has 0 fully saturated rings. The second-order valence-electron chi connectivity index (χ2n) is 1.00. The Morgan fingerprint density at radius 2 is 2.38 bits per heavy atom. The van der Waals surface area contributed by atoms with Crippen molar-refractivity contribution in [2.75, 3.05) is 6.61 Å². The zero-order valence-electron chi connectivity index (χ0n) is 3.94. The average Bonchev–Trinajstić information content (AvgIpc) is 1.67. The molecule has 0 bridgehead atoms. The Bertz CT molecular complexity index is 118. The van der Waals surface area contributed by atoms with Gasteiger partial charge in [0, 0.05) is 0 Å². The van der Waals surface area contributed by atoms with Crippen LogP contribution in [0.1, 0.15) is 0 Å². The molecule has 0 amide bonds. The molecule has 0 atom stereocenters. The van der Waals surface area contributed by atoms with E-state index in [1.165, 1.54) is 0 Å². The van der Waals surface area contributed by atoms with Crippen LogP contribution in [0.5, 0.6) is 0 Å². The van der Waals surface area contributed by atoms with E-state index >= 15 is 0 Å². The molecule has 0 aliphatic carbocycles. The molecule has 0 aliphatic heterocycles. The number of hydrogen-bond donors (Lipinski definition) is 2. The molecule has 5 nitrogen and oxygen atoms in total. The van der Waals surface area contributed by atoms with E-state index in [9.17, 15) is 10.1 Å². The minimum absolute atomic E-state index is 0.521. The van der Waals surface area contributed by atoms with Gasteiger partial charge in [-0.1, -0.05) is 0 Å². The van der Waals surface area contributed by atoms with Gasteiger partial charge in [0.05, 0.1) is 12.7 Å². The van der Waals surface area contributed by atoms with Crippen molar-refractivity contribution < 1.29 is 15.1 Å². The highest BCUT2D eigenvalue weighted by Crippen LogP contribution is 1.84. The number of aliphatic hydroxyl groups is 2. The maximum absolute atomic E-state index is 9.47. The smallest absolute Gasteiger partial charge is 0.423 e. The monoisotopic (exact) mass is 119 g/mol. The Hall–Kier alpha value is -1.10. The quantitative estimate of drug-likeness (QED) is 0.295. The van der Waals surface area contributed by atoms with E-state index < -0.39 is 17.4 Å². The maximum Gasteiger partial charge on any atom is 0.423 e. The van der Waals surface area contributed by atoms with Crippen molar-refractivity contribution in [1.29, 1.82) is 0 Å². The standard InChI is InChI=1S/C3H5NO4/c5-2-1-3(6)4(7)8/h1,5-6H,2H2. The van der Waals surface area contributed by atoms with Gasteiger partial charge < -0.3 is 10.2 Å². The second-order valence-corrected chi connectivity index (χ2v) is 1.00. The maximum atomic E-state index is 9.47. The summed E-state index contributed by atoms with van der Waals surface area (Å²) < 4.78 is 0. The highest BCUT2D eigenvalue weighted by molar-refractivity contribution is 4.78. The third kappa shape index (κ3) is 2.14. The van der Waals surface area contributed by atoms with E-state index in [0.717, 1.165) is 0 Å². The van der Waals surface area contributed by atoms with Crippen LogP contribution in [0.2, 0.25) is 0 Å². The van der Waals surface area contributed by atoms with Gasteiger partial charge in [-0.15, -0.1) is 0 Å². The molecular formula is C3H5NO4. The first-order chi connectivity index (χ1) is 3.68. The lowest BCUT2D eigenvalue weighted by Gasteiger charge is -1.82. The van der Waals surface area contributed by atoms with E-state index in [-0.39, 0.29) is 0 Å². The van der Waals surface area contributed by atoms with Gasteiger partial charge in [-0.25, -0.2) is 0 Å². The SMILES string of the molecule is O=[N+]([O-])C(O)=CCO. The molecule has 0 unspecified atom stereocenters. The Balaban J connectivity index is 3.80. The largest absolute Gasteiger partial charge is 0.456 e. The molecule has 0 saturated heterocycles. The number of rotatable bonds is 2. The van der Waals surface area contributed by atoms with E-state index in [2.05, 4.69) is 0 Å². The van der Waals surface area contributed by atoms with Gasteiger partial charge >= 0.3 is 5.88 Å². The van der Waals surface area contributed by atoms with Crippen LogP contribution < -0.4 is 0 Å². The highest BCUT2D eigenvalue weighted by atomic mass is 16.7. The van der Waals surface area contributed by atoms with Crippen LogP contribution >= 0.6 is 0 Å². The van der Waals surface area contributed by atoms with Gasteiger partial charge in [-0.2, -0.15) is 0 Å². The molecule has 2 N–H and O–H groups in total. The number of nitro groups is 1. The molecule has 0 aromatic heterocycles. The molecular weight excluding hydrogens is 114 g/mol. The lowest BCUT2D eigenvalue weighted by molar-refractivity contribution is -0.459. The Morgan fingerprint density at radius 3 is 2.50 bits per heavy atom. The molecule has 0 aromatic carbocycles. The fraction of sp³-hybridized carbons (Fsp3) is 0.333. The second kappa shape index (κ2) is 2.98. The minimum Gasteiger partial charge on any atom is -0.456 e. The van der Waals surface area contributed by atoms with Gasteiger partial charge in [0.15, 0.2) is 0 Å². The van der Waals surface area contributed by atoms with Crippen molar-refractivity contribution >= 4 is 0 Å². The van der Waals surface area contributed by atoms with Crippen molar-refractivity contribution in [3.63, 3.8) is 0 Å². The molecule has 0 radical (unpaired) electrons. The Kier molecular flexibility index (Phi) is 2.57. The fourth-order valence-electron chi connectivity index (χ4n) is 0.156. The van der Waals surface area contributed by atoms with Crippen LogP contribution in [0.15, 0.2) is 12.0 Å². The first-order valence-corrected chi connectivity index (χ1v) is 1.83. The van der Waals surface area contributed by atoms with Crippen LogP contribution in [0.3, 0.4) is 0 Å². The minimum atomic E-state index is -1.02. The predicted octanol–water partition coefficient (Wildman–Crippen LogP) is -0.345. The molecule has 0 rings (SSSR count). The summed E-state index contributed by atoms with van der Waals surface area (Å²) in [6.45, 7) is -0.521. The first-order valence-electron chi connectivity index (χ1n) is 1.83. The summed E-state index contributed by atoms with van der Waals surface area (Å²) in [5.41, 5.74) is 0. The van der Waals surface area contributed by atoms with Crippen LogP contribution in [0, 0.1) is 10.1 Å². The molecule has 0 saturated carbocycles. The van der Waals surface area contributed by atoms with E-state index in [1.54, 1.807) is 0 Å². The van der Waals surface area contributed by atoms with Crippen LogP contribution in [-0.4, -0.2) is 21.7 Å².